The summed E-state index contributed by atoms with van der Waals surface area (Å²) in [6, 6.07) is 22.0. The van der Waals surface area contributed by atoms with Gasteiger partial charge in [0.2, 0.25) is 0 Å². The number of piperidine rings is 1. The van der Waals surface area contributed by atoms with E-state index in [2.05, 4.69) is 17.3 Å². The quantitative estimate of drug-likeness (QED) is 0.446. The van der Waals surface area contributed by atoms with Crippen molar-refractivity contribution in [2.75, 3.05) is 27.2 Å². The molecule has 0 spiro atoms. The van der Waals surface area contributed by atoms with Crippen molar-refractivity contribution in [3.63, 3.8) is 0 Å². The van der Waals surface area contributed by atoms with Crippen LogP contribution in [-0.4, -0.2) is 49.1 Å². The highest BCUT2D eigenvalue weighted by molar-refractivity contribution is 5.74. The third kappa shape index (κ3) is 6.98. The molecule has 36 heavy (non-hydrogen) atoms. The molecule has 190 valence electrons. The molecule has 4 rings (SSSR count). The number of nitrogens with zero attached hydrogens (tertiary/aromatic N) is 2. The second-order valence-electron chi connectivity index (χ2n) is 9.21. The summed E-state index contributed by atoms with van der Waals surface area (Å²) in [4.78, 5) is 17.5. The largest absolute Gasteiger partial charge is 0.493 e. The third-order valence-corrected chi connectivity index (χ3v) is 6.56. The van der Waals surface area contributed by atoms with Crippen LogP contribution in [0.1, 0.15) is 29.5 Å². The lowest BCUT2D eigenvalue weighted by atomic mass is 10.0. The topological polar surface area (TPSA) is 54.0 Å². The number of hydrogen-bond donors (Lipinski definition) is 1. The highest BCUT2D eigenvalue weighted by Gasteiger charge is 2.27. The molecule has 0 unspecified atom stereocenters. The predicted octanol–water partition coefficient (Wildman–Crippen LogP) is 5.22. The molecule has 3 aromatic rings. The number of carbonyl (C=O) groups excluding carboxylic acids is 1. The highest BCUT2D eigenvalue weighted by Crippen LogP contribution is 2.29. The van der Waals surface area contributed by atoms with Gasteiger partial charge in [-0.2, -0.15) is 0 Å². The number of benzene rings is 3. The third-order valence-electron chi connectivity index (χ3n) is 6.56. The lowest BCUT2D eigenvalue weighted by Crippen LogP contribution is -2.49. The maximum absolute atomic E-state index is 13.4. The van der Waals surface area contributed by atoms with Crippen LogP contribution in [0, 0.1) is 5.82 Å². The Balaban J connectivity index is 1.43. The summed E-state index contributed by atoms with van der Waals surface area (Å²) >= 11 is 0. The number of halogens is 1. The number of amides is 2. The van der Waals surface area contributed by atoms with Crippen molar-refractivity contribution in [3.05, 3.63) is 95.3 Å². The van der Waals surface area contributed by atoms with E-state index in [1.54, 1.807) is 19.2 Å². The molecule has 0 saturated carbocycles. The maximum Gasteiger partial charge on any atom is 0.318 e. The molecule has 3 aromatic carbocycles. The molecule has 2 amide bonds. The van der Waals surface area contributed by atoms with Crippen LogP contribution in [0.4, 0.5) is 9.18 Å². The minimum absolute atomic E-state index is 0.128. The standard InChI is InChI=1S/C29H34FN3O3/c1-32-16-14-26(15-17-32)33(20-22-8-11-25(30)12-9-22)29(34)31-19-24-10-13-27(35-2)28(18-24)36-21-23-6-4-3-5-7-23/h3-13,18,26H,14-17,19-21H2,1-2H3,(H,31,34). The lowest BCUT2D eigenvalue weighted by Gasteiger charge is -2.37. The first-order chi connectivity index (χ1) is 17.5. The summed E-state index contributed by atoms with van der Waals surface area (Å²) in [5.74, 6) is 0.996. The monoisotopic (exact) mass is 491 g/mol. The van der Waals surface area contributed by atoms with Crippen molar-refractivity contribution in [1.29, 1.82) is 0 Å². The second kappa shape index (κ2) is 12.4. The Morgan fingerprint density at radius 1 is 0.972 bits per heavy atom. The SMILES string of the molecule is COc1ccc(CNC(=O)N(Cc2ccc(F)cc2)C2CCN(C)CC2)cc1OCc1ccccc1. The molecule has 1 aliphatic rings. The first-order valence-corrected chi connectivity index (χ1v) is 12.3. The minimum Gasteiger partial charge on any atom is -0.493 e. The van der Waals surface area contributed by atoms with Gasteiger partial charge in [-0.05, 0) is 73.9 Å². The van der Waals surface area contributed by atoms with Gasteiger partial charge in [0.25, 0.3) is 0 Å². The summed E-state index contributed by atoms with van der Waals surface area (Å²) in [5.41, 5.74) is 2.89. The smallest absolute Gasteiger partial charge is 0.318 e. The Kier molecular flexibility index (Phi) is 8.79. The van der Waals surface area contributed by atoms with Crippen LogP contribution in [0.2, 0.25) is 0 Å². The second-order valence-corrected chi connectivity index (χ2v) is 9.21. The van der Waals surface area contributed by atoms with Gasteiger partial charge in [-0.3, -0.25) is 0 Å². The van der Waals surface area contributed by atoms with E-state index >= 15 is 0 Å². The van der Waals surface area contributed by atoms with Crippen LogP contribution >= 0.6 is 0 Å². The fourth-order valence-electron chi connectivity index (χ4n) is 4.42. The maximum atomic E-state index is 13.4. The summed E-state index contributed by atoms with van der Waals surface area (Å²) < 4.78 is 24.9. The summed E-state index contributed by atoms with van der Waals surface area (Å²) in [5, 5.41) is 3.08. The summed E-state index contributed by atoms with van der Waals surface area (Å²) in [7, 11) is 3.71. The molecule has 1 saturated heterocycles. The van der Waals surface area contributed by atoms with Gasteiger partial charge in [0.1, 0.15) is 12.4 Å². The number of carbonyl (C=O) groups is 1. The first-order valence-electron chi connectivity index (χ1n) is 12.3. The number of methoxy groups -OCH3 is 1. The van der Waals surface area contributed by atoms with Crippen molar-refractivity contribution in [2.45, 2.75) is 38.6 Å². The van der Waals surface area contributed by atoms with Gasteiger partial charge < -0.3 is 24.6 Å². The van der Waals surface area contributed by atoms with E-state index in [1.807, 2.05) is 53.4 Å². The molecule has 1 aliphatic heterocycles. The van der Waals surface area contributed by atoms with E-state index in [4.69, 9.17) is 9.47 Å². The molecule has 0 aromatic heterocycles. The molecule has 1 heterocycles. The van der Waals surface area contributed by atoms with Crippen molar-refractivity contribution in [2.24, 2.45) is 0 Å². The molecule has 0 aliphatic carbocycles. The van der Waals surface area contributed by atoms with E-state index in [0.29, 0.717) is 31.2 Å². The summed E-state index contributed by atoms with van der Waals surface area (Å²) in [6.07, 6.45) is 1.82. The number of ether oxygens (including phenoxy) is 2. The molecule has 1 fully saturated rings. The number of rotatable bonds is 9. The normalized spacial score (nSPS) is 14.3. The molecule has 1 N–H and O–H groups in total. The van der Waals surface area contributed by atoms with Crippen LogP contribution in [0.15, 0.2) is 72.8 Å². The van der Waals surface area contributed by atoms with Crippen molar-refractivity contribution in [1.82, 2.24) is 15.1 Å². The Morgan fingerprint density at radius 3 is 2.36 bits per heavy atom. The van der Waals surface area contributed by atoms with E-state index < -0.39 is 0 Å². The predicted molar refractivity (Wildman–Crippen MR) is 138 cm³/mol. The van der Waals surface area contributed by atoms with Gasteiger partial charge in [0.05, 0.1) is 7.11 Å². The molecule has 0 atom stereocenters. The van der Waals surface area contributed by atoms with E-state index in [-0.39, 0.29) is 17.9 Å². The van der Waals surface area contributed by atoms with Gasteiger partial charge in [0.15, 0.2) is 11.5 Å². The van der Waals surface area contributed by atoms with Crippen LogP contribution < -0.4 is 14.8 Å². The van der Waals surface area contributed by atoms with Crippen molar-refractivity contribution < 1.29 is 18.7 Å². The summed E-state index contributed by atoms with van der Waals surface area (Å²) in [6.45, 7) is 3.11. The van der Waals surface area contributed by atoms with Gasteiger partial charge in [-0.1, -0.05) is 48.5 Å². The van der Waals surface area contributed by atoms with Gasteiger partial charge in [-0.25, -0.2) is 9.18 Å². The first kappa shape index (κ1) is 25.5. The Bertz CT molecular complexity index is 1120. The molecule has 7 heteroatoms. The van der Waals surface area contributed by atoms with E-state index in [1.165, 1.54) is 12.1 Å². The van der Waals surface area contributed by atoms with E-state index in [9.17, 15) is 9.18 Å². The van der Waals surface area contributed by atoms with Crippen LogP contribution in [0.5, 0.6) is 11.5 Å². The average molecular weight is 492 g/mol. The number of urea groups is 1. The van der Waals surface area contributed by atoms with Crippen LogP contribution in [0.25, 0.3) is 0 Å². The Hall–Kier alpha value is -3.58. The van der Waals surface area contributed by atoms with Gasteiger partial charge in [0, 0.05) is 19.1 Å². The number of hydrogen-bond acceptors (Lipinski definition) is 4. The minimum atomic E-state index is -0.279. The van der Waals surface area contributed by atoms with E-state index in [0.717, 1.165) is 42.6 Å². The zero-order chi connectivity index (χ0) is 25.3. The lowest BCUT2D eigenvalue weighted by molar-refractivity contribution is 0.127. The van der Waals surface area contributed by atoms with Crippen molar-refractivity contribution in [3.8, 4) is 11.5 Å². The van der Waals surface area contributed by atoms with Crippen molar-refractivity contribution >= 4 is 6.03 Å². The zero-order valence-electron chi connectivity index (χ0n) is 21.0. The fourth-order valence-corrected chi connectivity index (χ4v) is 4.42. The van der Waals surface area contributed by atoms with Crippen LogP contribution in [-0.2, 0) is 19.7 Å². The Morgan fingerprint density at radius 2 is 1.67 bits per heavy atom. The van der Waals surface area contributed by atoms with Crippen LogP contribution in [0.3, 0.4) is 0 Å². The number of nitrogens with one attached hydrogen (secondary N) is 1. The molecular formula is C29H34FN3O3. The molecule has 6 nitrogen and oxygen atoms in total. The zero-order valence-corrected chi connectivity index (χ0v) is 21.0. The average Bonchev–Trinajstić information content (AvgIpc) is 2.91. The van der Waals surface area contributed by atoms with Gasteiger partial charge in [-0.15, -0.1) is 0 Å². The fraction of sp³-hybridized carbons (Fsp3) is 0.345. The highest BCUT2D eigenvalue weighted by atomic mass is 19.1. The molecule has 0 radical (unpaired) electrons. The molecule has 0 bridgehead atoms. The Labute approximate surface area is 212 Å². The molecular weight excluding hydrogens is 457 g/mol. The number of likely N-dealkylation sites (tertiary alicyclic amines) is 1. The van der Waals surface area contributed by atoms with Gasteiger partial charge >= 0.3 is 6.03 Å².